The highest BCUT2D eigenvalue weighted by atomic mass is 16.5. The molecule has 1 aliphatic carbocycles. The van der Waals surface area contributed by atoms with Crippen molar-refractivity contribution in [3.05, 3.63) is 0 Å². The van der Waals surface area contributed by atoms with E-state index in [1.165, 1.54) is 12.0 Å². The fourth-order valence-electron chi connectivity index (χ4n) is 1.29. The van der Waals surface area contributed by atoms with E-state index in [-0.39, 0.29) is 6.01 Å². The van der Waals surface area contributed by atoms with Crippen LogP contribution in [0.3, 0.4) is 0 Å². The van der Waals surface area contributed by atoms with Crippen molar-refractivity contribution in [1.82, 2.24) is 15.0 Å². The van der Waals surface area contributed by atoms with E-state index in [0.717, 1.165) is 12.8 Å². The molecule has 2 rings (SSSR count). The Hall–Kier alpha value is -2.10. The minimum Gasteiger partial charge on any atom is -0.467 e. The number of nitrogens with one attached hydrogen (secondary N) is 1. The van der Waals surface area contributed by atoms with Crippen LogP contribution in [0.5, 0.6) is 6.01 Å². The number of hydrogen-bond acceptors (Lipinski definition) is 7. The van der Waals surface area contributed by atoms with Crippen LogP contribution in [-0.2, 0) is 0 Å². The molecule has 0 bridgehead atoms. The Labute approximate surface area is 99.5 Å². The van der Waals surface area contributed by atoms with Crippen molar-refractivity contribution in [3.63, 3.8) is 0 Å². The van der Waals surface area contributed by atoms with Gasteiger partial charge in [-0.3, -0.25) is 0 Å². The standard InChI is InChI=1S/C10H14N6O/c1-3-16(6-11)9-13-8(12-7-4-5-7)14-10(15-9)17-2/h7H,3-5H2,1-2H3,(H,12,13,14,15). The van der Waals surface area contributed by atoms with E-state index in [4.69, 9.17) is 10.00 Å². The molecule has 0 radical (unpaired) electrons. The molecule has 0 atom stereocenters. The molecule has 0 spiro atoms. The molecule has 7 heteroatoms. The fraction of sp³-hybridized carbons (Fsp3) is 0.600. The molecule has 1 heterocycles. The highest BCUT2D eigenvalue weighted by Crippen LogP contribution is 2.24. The van der Waals surface area contributed by atoms with Crippen molar-refractivity contribution >= 4 is 11.9 Å². The van der Waals surface area contributed by atoms with Crippen LogP contribution in [0.1, 0.15) is 19.8 Å². The van der Waals surface area contributed by atoms with E-state index in [1.807, 2.05) is 13.1 Å². The monoisotopic (exact) mass is 234 g/mol. The minimum absolute atomic E-state index is 0.215. The van der Waals surface area contributed by atoms with Crippen LogP contribution in [0.4, 0.5) is 11.9 Å². The summed E-state index contributed by atoms with van der Waals surface area (Å²) in [4.78, 5) is 13.7. The van der Waals surface area contributed by atoms with Gasteiger partial charge < -0.3 is 10.1 Å². The van der Waals surface area contributed by atoms with Crippen LogP contribution in [-0.4, -0.2) is 34.6 Å². The largest absolute Gasteiger partial charge is 0.467 e. The predicted octanol–water partition coefficient (Wildman–Crippen LogP) is 0.762. The SMILES string of the molecule is CCN(C#N)c1nc(NC2CC2)nc(OC)n1. The second-order valence-electron chi connectivity index (χ2n) is 3.71. The maximum Gasteiger partial charge on any atom is 0.322 e. The van der Waals surface area contributed by atoms with Crippen molar-refractivity contribution in [1.29, 1.82) is 5.26 Å². The number of aromatic nitrogens is 3. The Bertz CT molecular complexity index is 439. The molecule has 1 aromatic rings. The van der Waals surface area contributed by atoms with Gasteiger partial charge >= 0.3 is 6.01 Å². The Morgan fingerprint density at radius 3 is 2.76 bits per heavy atom. The zero-order chi connectivity index (χ0) is 12.3. The highest BCUT2D eigenvalue weighted by molar-refractivity contribution is 5.42. The summed E-state index contributed by atoms with van der Waals surface area (Å²) in [5.74, 6) is 0.771. The molecule has 0 aliphatic heterocycles. The van der Waals surface area contributed by atoms with Crippen molar-refractivity contribution in [2.45, 2.75) is 25.8 Å². The zero-order valence-electron chi connectivity index (χ0n) is 9.84. The lowest BCUT2D eigenvalue weighted by Crippen LogP contribution is -2.20. The molecule has 1 aromatic heterocycles. The molecular formula is C10H14N6O. The maximum atomic E-state index is 8.94. The van der Waals surface area contributed by atoms with Crippen LogP contribution in [0.2, 0.25) is 0 Å². The summed E-state index contributed by atoms with van der Waals surface area (Å²) in [6.45, 7) is 2.36. The van der Waals surface area contributed by atoms with Crippen molar-refractivity contribution in [2.75, 3.05) is 23.9 Å². The van der Waals surface area contributed by atoms with Gasteiger partial charge in [-0.15, -0.1) is 0 Å². The van der Waals surface area contributed by atoms with E-state index in [0.29, 0.717) is 24.5 Å². The molecule has 1 N–H and O–H groups in total. The third-order valence-electron chi connectivity index (χ3n) is 2.37. The molecule has 1 saturated carbocycles. The molecule has 1 aliphatic rings. The van der Waals surface area contributed by atoms with Gasteiger partial charge in [-0.05, 0) is 19.8 Å². The lowest BCUT2D eigenvalue weighted by molar-refractivity contribution is 0.379. The second-order valence-corrected chi connectivity index (χ2v) is 3.71. The molecule has 90 valence electrons. The van der Waals surface area contributed by atoms with Crippen molar-refractivity contribution in [2.24, 2.45) is 0 Å². The van der Waals surface area contributed by atoms with Crippen LogP contribution in [0.25, 0.3) is 0 Å². The van der Waals surface area contributed by atoms with Crippen molar-refractivity contribution < 1.29 is 4.74 Å². The lowest BCUT2D eigenvalue weighted by atomic mass is 10.6. The molecular weight excluding hydrogens is 220 g/mol. The number of methoxy groups -OCH3 is 1. The van der Waals surface area contributed by atoms with Gasteiger partial charge in [-0.2, -0.15) is 20.2 Å². The average Bonchev–Trinajstić information content (AvgIpc) is 3.14. The number of ether oxygens (including phenoxy) is 1. The first kappa shape index (κ1) is 11.4. The smallest absolute Gasteiger partial charge is 0.322 e. The molecule has 7 nitrogen and oxygen atoms in total. The van der Waals surface area contributed by atoms with E-state index >= 15 is 0 Å². The Balaban J connectivity index is 2.27. The Morgan fingerprint density at radius 1 is 1.47 bits per heavy atom. The molecule has 0 amide bonds. The maximum absolute atomic E-state index is 8.94. The zero-order valence-corrected chi connectivity index (χ0v) is 9.84. The summed E-state index contributed by atoms with van der Waals surface area (Å²) in [6, 6.07) is 0.652. The summed E-state index contributed by atoms with van der Waals surface area (Å²) >= 11 is 0. The van der Waals surface area contributed by atoms with Gasteiger partial charge in [0.1, 0.15) is 0 Å². The molecule has 1 fully saturated rings. The summed E-state index contributed by atoms with van der Waals surface area (Å²) in [7, 11) is 1.49. The van der Waals surface area contributed by atoms with Crippen LogP contribution in [0.15, 0.2) is 0 Å². The summed E-state index contributed by atoms with van der Waals surface area (Å²) in [6.07, 6.45) is 4.26. The fourth-order valence-corrected chi connectivity index (χ4v) is 1.29. The van der Waals surface area contributed by atoms with Gasteiger partial charge in [0.2, 0.25) is 11.9 Å². The van der Waals surface area contributed by atoms with Crippen molar-refractivity contribution in [3.8, 4) is 12.2 Å². The highest BCUT2D eigenvalue weighted by Gasteiger charge is 2.23. The van der Waals surface area contributed by atoms with E-state index in [1.54, 1.807) is 0 Å². The van der Waals surface area contributed by atoms with E-state index < -0.39 is 0 Å². The first-order valence-corrected chi connectivity index (χ1v) is 5.50. The molecule has 0 unspecified atom stereocenters. The Kier molecular flexibility index (Phi) is 3.23. The predicted molar refractivity (Wildman–Crippen MR) is 61.7 cm³/mol. The summed E-state index contributed by atoms with van der Waals surface area (Å²) < 4.78 is 5.00. The van der Waals surface area contributed by atoms with Crippen LogP contribution in [0, 0.1) is 11.5 Å². The van der Waals surface area contributed by atoms with Gasteiger partial charge in [0.15, 0.2) is 6.19 Å². The summed E-state index contributed by atoms with van der Waals surface area (Å²) in [5, 5.41) is 12.1. The number of anilines is 2. The Morgan fingerprint density at radius 2 is 2.24 bits per heavy atom. The number of nitrogens with zero attached hydrogens (tertiary/aromatic N) is 5. The lowest BCUT2D eigenvalue weighted by Gasteiger charge is -2.12. The van der Waals surface area contributed by atoms with Gasteiger partial charge in [0, 0.05) is 12.6 Å². The third kappa shape index (κ3) is 2.72. The molecule has 17 heavy (non-hydrogen) atoms. The second kappa shape index (κ2) is 4.82. The van der Waals surface area contributed by atoms with Crippen LogP contribution < -0.4 is 15.0 Å². The summed E-state index contributed by atoms with van der Waals surface area (Å²) in [5.41, 5.74) is 0. The molecule has 0 aromatic carbocycles. The van der Waals surface area contributed by atoms with Gasteiger partial charge in [-0.25, -0.2) is 4.90 Å². The van der Waals surface area contributed by atoms with Gasteiger partial charge in [-0.1, -0.05) is 0 Å². The van der Waals surface area contributed by atoms with Gasteiger partial charge in [0.25, 0.3) is 0 Å². The minimum atomic E-state index is 0.215. The number of nitriles is 1. The first-order chi connectivity index (χ1) is 8.26. The number of rotatable bonds is 5. The van der Waals surface area contributed by atoms with Gasteiger partial charge in [0.05, 0.1) is 7.11 Å². The third-order valence-corrected chi connectivity index (χ3v) is 2.37. The number of hydrogen-bond donors (Lipinski definition) is 1. The van der Waals surface area contributed by atoms with Crippen LogP contribution >= 0.6 is 0 Å². The quantitative estimate of drug-likeness (QED) is 0.594. The van der Waals surface area contributed by atoms with E-state index in [2.05, 4.69) is 20.3 Å². The molecule has 0 saturated heterocycles. The van der Waals surface area contributed by atoms with E-state index in [9.17, 15) is 0 Å². The average molecular weight is 234 g/mol. The normalized spacial score (nSPS) is 13.9. The topological polar surface area (TPSA) is 87.0 Å². The first-order valence-electron chi connectivity index (χ1n) is 5.50.